The molecule has 0 saturated heterocycles. The Bertz CT molecular complexity index is 1300. The number of sulfonamides is 1. The Morgan fingerprint density at radius 3 is 2.48 bits per heavy atom. The zero-order valence-electron chi connectivity index (χ0n) is 18.3. The van der Waals surface area contributed by atoms with Crippen molar-refractivity contribution >= 4 is 55.9 Å². The highest BCUT2D eigenvalue weighted by Gasteiger charge is 2.32. The number of nitrogens with zero attached hydrogens (tertiary/aromatic N) is 2. The van der Waals surface area contributed by atoms with Crippen LogP contribution in [-0.2, 0) is 10.0 Å². The first-order valence-corrected chi connectivity index (χ1v) is 13.3. The summed E-state index contributed by atoms with van der Waals surface area (Å²) in [6.07, 6.45) is 6.57. The summed E-state index contributed by atoms with van der Waals surface area (Å²) in [6, 6.07) is 13.7. The molecule has 0 aliphatic heterocycles. The van der Waals surface area contributed by atoms with Crippen molar-refractivity contribution in [1.82, 2.24) is 4.31 Å². The van der Waals surface area contributed by atoms with Gasteiger partial charge in [0.05, 0.1) is 15.6 Å². The van der Waals surface area contributed by atoms with Crippen molar-refractivity contribution in [3.63, 3.8) is 0 Å². The van der Waals surface area contributed by atoms with Gasteiger partial charge in [0.25, 0.3) is 0 Å². The van der Waals surface area contributed by atoms with Gasteiger partial charge in [0.15, 0.2) is 0 Å². The van der Waals surface area contributed by atoms with E-state index in [0.717, 1.165) is 32.1 Å². The van der Waals surface area contributed by atoms with Crippen LogP contribution in [0.5, 0.6) is 5.75 Å². The number of phenols is 1. The minimum absolute atomic E-state index is 0.0424. The van der Waals surface area contributed by atoms with Gasteiger partial charge in [-0.1, -0.05) is 73.7 Å². The highest BCUT2D eigenvalue weighted by atomic mass is 35.5. The van der Waals surface area contributed by atoms with Gasteiger partial charge < -0.3 is 5.11 Å². The number of hydrogen-bond acceptors (Lipinski definition) is 4. The molecule has 0 aromatic heterocycles. The van der Waals surface area contributed by atoms with Crippen LogP contribution in [0.2, 0.25) is 10.0 Å². The van der Waals surface area contributed by atoms with Crippen molar-refractivity contribution < 1.29 is 13.5 Å². The molecule has 0 spiro atoms. The molecule has 174 valence electrons. The third kappa shape index (κ3) is 4.90. The van der Waals surface area contributed by atoms with E-state index < -0.39 is 10.0 Å². The van der Waals surface area contributed by atoms with Gasteiger partial charge in [0.2, 0.25) is 10.0 Å². The Morgan fingerprint density at radius 2 is 1.76 bits per heavy atom. The van der Waals surface area contributed by atoms with Crippen LogP contribution in [0.3, 0.4) is 0 Å². The Balaban J connectivity index is 1.77. The quantitative estimate of drug-likeness (QED) is 0.369. The molecule has 0 radical (unpaired) electrons. The molecule has 0 unspecified atom stereocenters. The maximum atomic E-state index is 13.7. The third-order valence-electron chi connectivity index (χ3n) is 6.14. The van der Waals surface area contributed by atoms with Gasteiger partial charge in [-0.25, -0.2) is 8.42 Å². The smallest absolute Gasteiger partial charge is 0.243 e. The molecule has 8 heteroatoms. The van der Waals surface area contributed by atoms with Crippen molar-refractivity contribution in [2.24, 2.45) is 4.99 Å². The number of aliphatic imine (C=N–C) groups is 1. The monoisotopic (exact) mass is 504 g/mol. The molecule has 0 amide bonds. The Kier molecular flexibility index (Phi) is 7.29. The SMILES string of the molecule is CCN(C1CCCCC1)S(=O)(=O)c1cccc2c(N=Cc3cc(Cl)cc(Cl)c3O)cccc12. The molecule has 1 fully saturated rings. The summed E-state index contributed by atoms with van der Waals surface area (Å²) < 4.78 is 29.1. The third-order valence-corrected chi connectivity index (χ3v) is 8.73. The predicted molar refractivity (Wildman–Crippen MR) is 136 cm³/mol. The van der Waals surface area contributed by atoms with Gasteiger partial charge >= 0.3 is 0 Å². The van der Waals surface area contributed by atoms with Crippen LogP contribution < -0.4 is 0 Å². The first-order chi connectivity index (χ1) is 15.8. The number of benzene rings is 3. The second-order valence-electron chi connectivity index (χ2n) is 8.21. The molecule has 33 heavy (non-hydrogen) atoms. The van der Waals surface area contributed by atoms with Gasteiger partial charge in [-0.15, -0.1) is 0 Å². The minimum atomic E-state index is -3.67. The van der Waals surface area contributed by atoms with Gasteiger partial charge in [0, 0.05) is 40.2 Å². The van der Waals surface area contributed by atoms with Crippen molar-refractivity contribution in [2.45, 2.75) is 50.0 Å². The van der Waals surface area contributed by atoms with E-state index in [1.165, 1.54) is 12.3 Å². The van der Waals surface area contributed by atoms with Crippen LogP contribution in [0.1, 0.15) is 44.6 Å². The van der Waals surface area contributed by atoms with Crippen LogP contribution >= 0.6 is 23.2 Å². The van der Waals surface area contributed by atoms with E-state index in [9.17, 15) is 13.5 Å². The van der Waals surface area contributed by atoms with Crippen LogP contribution in [-0.4, -0.2) is 36.6 Å². The lowest BCUT2D eigenvalue weighted by Gasteiger charge is -2.32. The van der Waals surface area contributed by atoms with Crippen molar-refractivity contribution in [3.8, 4) is 5.75 Å². The summed E-state index contributed by atoms with van der Waals surface area (Å²) in [7, 11) is -3.67. The Morgan fingerprint density at radius 1 is 1.06 bits per heavy atom. The van der Waals surface area contributed by atoms with E-state index in [0.29, 0.717) is 33.6 Å². The molecule has 3 aromatic carbocycles. The summed E-state index contributed by atoms with van der Waals surface area (Å²) in [5.74, 6) is -0.112. The standard InChI is InChI=1S/C25H26Cl2N2O3S/c1-2-29(19-8-4-3-5-9-19)33(31,32)24-13-7-10-20-21(24)11-6-12-23(20)28-16-17-14-18(26)15-22(27)25(17)30/h6-7,10-16,19,30H,2-5,8-9H2,1H3. The van der Waals surface area contributed by atoms with Crippen LogP contribution in [0, 0.1) is 0 Å². The van der Waals surface area contributed by atoms with E-state index in [1.54, 1.807) is 34.6 Å². The largest absolute Gasteiger partial charge is 0.506 e. The summed E-state index contributed by atoms with van der Waals surface area (Å²) in [5, 5.41) is 12.1. The molecule has 0 bridgehead atoms. The van der Waals surface area contributed by atoms with E-state index in [-0.39, 0.29) is 21.7 Å². The molecule has 0 heterocycles. The number of rotatable bonds is 6. The van der Waals surface area contributed by atoms with Crippen molar-refractivity contribution in [2.75, 3.05) is 6.54 Å². The molecule has 1 N–H and O–H groups in total. The van der Waals surface area contributed by atoms with Crippen LogP contribution in [0.4, 0.5) is 5.69 Å². The van der Waals surface area contributed by atoms with E-state index in [4.69, 9.17) is 23.2 Å². The van der Waals surface area contributed by atoms with Crippen molar-refractivity contribution in [1.29, 1.82) is 0 Å². The number of fused-ring (bicyclic) bond motifs is 1. The normalized spacial score (nSPS) is 15.6. The lowest BCUT2D eigenvalue weighted by molar-refractivity contribution is 0.261. The summed E-state index contributed by atoms with van der Waals surface area (Å²) >= 11 is 12.1. The number of phenolic OH excluding ortho intramolecular Hbond substituents is 1. The zero-order valence-corrected chi connectivity index (χ0v) is 20.7. The number of hydrogen-bond donors (Lipinski definition) is 1. The molecule has 5 nitrogen and oxygen atoms in total. The molecular weight excluding hydrogens is 479 g/mol. The van der Waals surface area contributed by atoms with E-state index in [1.807, 2.05) is 19.1 Å². The minimum Gasteiger partial charge on any atom is -0.506 e. The molecule has 3 aromatic rings. The summed E-state index contributed by atoms with van der Waals surface area (Å²) in [6.45, 7) is 2.34. The average Bonchev–Trinajstić information content (AvgIpc) is 2.81. The molecule has 1 aliphatic rings. The first kappa shape index (κ1) is 24.0. The fourth-order valence-corrected chi connectivity index (χ4v) is 6.96. The first-order valence-electron chi connectivity index (χ1n) is 11.1. The fourth-order valence-electron chi connectivity index (χ4n) is 4.55. The summed E-state index contributed by atoms with van der Waals surface area (Å²) in [5.41, 5.74) is 0.962. The second-order valence-corrected chi connectivity index (χ2v) is 10.9. The number of halogens is 2. The number of aromatic hydroxyl groups is 1. The van der Waals surface area contributed by atoms with Gasteiger partial charge in [0.1, 0.15) is 5.75 Å². The van der Waals surface area contributed by atoms with Gasteiger partial charge in [-0.3, -0.25) is 4.99 Å². The Labute approximate surface area is 204 Å². The van der Waals surface area contributed by atoms with Gasteiger partial charge in [-0.2, -0.15) is 4.31 Å². The predicted octanol–water partition coefficient (Wildman–Crippen LogP) is 6.95. The highest BCUT2D eigenvalue weighted by molar-refractivity contribution is 7.89. The zero-order chi connectivity index (χ0) is 23.6. The van der Waals surface area contributed by atoms with Gasteiger partial charge in [-0.05, 0) is 37.1 Å². The van der Waals surface area contributed by atoms with Crippen LogP contribution in [0.15, 0.2) is 58.4 Å². The molecule has 1 aliphatic carbocycles. The molecular formula is C25H26Cl2N2O3S. The van der Waals surface area contributed by atoms with Crippen LogP contribution in [0.25, 0.3) is 10.8 Å². The maximum absolute atomic E-state index is 13.7. The molecule has 1 saturated carbocycles. The fraction of sp³-hybridized carbons (Fsp3) is 0.320. The highest BCUT2D eigenvalue weighted by Crippen LogP contribution is 2.35. The topological polar surface area (TPSA) is 70.0 Å². The molecule has 4 rings (SSSR count). The van der Waals surface area contributed by atoms with Crippen molar-refractivity contribution in [3.05, 3.63) is 64.1 Å². The lowest BCUT2D eigenvalue weighted by Crippen LogP contribution is -2.41. The summed E-state index contributed by atoms with van der Waals surface area (Å²) in [4.78, 5) is 4.80. The van der Waals surface area contributed by atoms with E-state index >= 15 is 0 Å². The second kappa shape index (κ2) is 10.0. The molecule has 0 atom stereocenters. The average molecular weight is 505 g/mol. The van der Waals surface area contributed by atoms with E-state index in [2.05, 4.69) is 4.99 Å². The lowest BCUT2D eigenvalue weighted by atomic mass is 9.95. The Hall–Kier alpha value is -2.12. The maximum Gasteiger partial charge on any atom is 0.243 e.